The van der Waals surface area contributed by atoms with Crippen LogP contribution in [0.15, 0.2) is 48.5 Å². The molecule has 0 spiro atoms. The fourth-order valence-corrected chi connectivity index (χ4v) is 2.29. The van der Waals surface area contributed by atoms with Crippen molar-refractivity contribution in [1.29, 1.82) is 0 Å². The van der Waals surface area contributed by atoms with E-state index in [2.05, 4.69) is 5.32 Å². The summed E-state index contributed by atoms with van der Waals surface area (Å²) in [4.78, 5) is 11.9. The first kappa shape index (κ1) is 16.0. The molecule has 0 heterocycles. The SMILES string of the molecule is COc1ccc(CNC(=O)CC(O)c2ccccc2)cc1C. The molecule has 0 fully saturated rings. The Bertz CT molecular complexity index is 625. The lowest BCUT2D eigenvalue weighted by atomic mass is 10.1. The minimum absolute atomic E-state index is 0.0547. The second-order valence-electron chi connectivity index (χ2n) is 5.21. The number of aliphatic hydroxyl groups excluding tert-OH is 1. The second kappa shape index (κ2) is 7.61. The van der Waals surface area contributed by atoms with Crippen molar-refractivity contribution in [1.82, 2.24) is 5.32 Å². The van der Waals surface area contributed by atoms with Crippen molar-refractivity contribution < 1.29 is 14.6 Å². The van der Waals surface area contributed by atoms with E-state index in [1.54, 1.807) is 7.11 Å². The predicted octanol–water partition coefficient (Wildman–Crippen LogP) is 2.74. The summed E-state index contributed by atoms with van der Waals surface area (Å²) in [5.74, 6) is 0.652. The zero-order valence-corrected chi connectivity index (χ0v) is 12.9. The summed E-state index contributed by atoms with van der Waals surface area (Å²) in [7, 11) is 1.63. The van der Waals surface area contributed by atoms with Gasteiger partial charge in [-0.3, -0.25) is 4.79 Å². The van der Waals surface area contributed by atoms with Gasteiger partial charge in [0.2, 0.25) is 5.91 Å². The third-order valence-corrected chi connectivity index (χ3v) is 3.51. The van der Waals surface area contributed by atoms with Crippen molar-refractivity contribution >= 4 is 5.91 Å². The molecule has 0 aliphatic carbocycles. The number of nitrogens with one attached hydrogen (secondary N) is 1. The van der Waals surface area contributed by atoms with Crippen LogP contribution in [0.3, 0.4) is 0 Å². The van der Waals surface area contributed by atoms with Gasteiger partial charge in [0.25, 0.3) is 0 Å². The van der Waals surface area contributed by atoms with Crippen LogP contribution < -0.4 is 10.1 Å². The lowest BCUT2D eigenvalue weighted by molar-refractivity contribution is -0.123. The van der Waals surface area contributed by atoms with Crippen LogP contribution in [0.4, 0.5) is 0 Å². The van der Waals surface area contributed by atoms with E-state index < -0.39 is 6.10 Å². The molecule has 1 amide bonds. The summed E-state index contributed by atoms with van der Waals surface area (Å²) in [5, 5.41) is 12.8. The summed E-state index contributed by atoms with van der Waals surface area (Å²) in [6.07, 6.45) is -0.724. The predicted molar refractivity (Wildman–Crippen MR) is 85.6 cm³/mol. The molecule has 0 bridgehead atoms. The van der Waals surface area contributed by atoms with E-state index in [4.69, 9.17) is 4.74 Å². The number of methoxy groups -OCH3 is 1. The minimum atomic E-state index is -0.779. The van der Waals surface area contributed by atoms with Gasteiger partial charge in [0.1, 0.15) is 5.75 Å². The molecule has 2 rings (SSSR count). The molecule has 0 aliphatic heterocycles. The smallest absolute Gasteiger partial charge is 0.223 e. The standard InChI is InChI=1S/C18H21NO3/c1-13-10-14(8-9-17(13)22-2)12-19-18(21)11-16(20)15-6-4-3-5-7-15/h3-10,16,20H,11-12H2,1-2H3,(H,19,21). The van der Waals surface area contributed by atoms with Crippen LogP contribution in [0.5, 0.6) is 5.75 Å². The van der Waals surface area contributed by atoms with Crippen LogP contribution in [-0.2, 0) is 11.3 Å². The molecular formula is C18H21NO3. The van der Waals surface area contributed by atoms with E-state index in [9.17, 15) is 9.90 Å². The monoisotopic (exact) mass is 299 g/mol. The Morgan fingerprint density at radius 2 is 1.95 bits per heavy atom. The van der Waals surface area contributed by atoms with Crippen molar-refractivity contribution in [3.8, 4) is 5.75 Å². The number of amides is 1. The zero-order chi connectivity index (χ0) is 15.9. The highest BCUT2D eigenvalue weighted by Crippen LogP contribution is 2.19. The van der Waals surface area contributed by atoms with E-state index in [1.807, 2.05) is 55.5 Å². The van der Waals surface area contributed by atoms with Crippen molar-refractivity contribution in [3.63, 3.8) is 0 Å². The van der Waals surface area contributed by atoms with E-state index in [0.29, 0.717) is 6.54 Å². The maximum atomic E-state index is 11.9. The number of carbonyl (C=O) groups is 1. The summed E-state index contributed by atoms with van der Waals surface area (Å²) in [6.45, 7) is 2.40. The first-order chi connectivity index (χ1) is 10.6. The average Bonchev–Trinajstić information content (AvgIpc) is 2.54. The van der Waals surface area contributed by atoms with Gasteiger partial charge in [-0.25, -0.2) is 0 Å². The van der Waals surface area contributed by atoms with Crippen molar-refractivity contribution in [2.75, 3.05) is 7.11 Å². The Kier molecular flexibility index (Phi) is 5.55. The molecule has 2 aromatic carbocycles. The molecule has 0 radical (unpaired) electrons. The first-order valence-electron chi connectivity index (χ1n) is 7.23. The highest BCUT2D eigenvalue weighted by molar-refractivity contribution is 5.76. The maximum absolute atomic E-state index is 11.9. The number of carbonyl (C=O) groups excluding carboxylic acids is 1. The summed E-state index contributed by atoms with van der Waals surface area (Å²) >= 11 is 0. The molecule has 116 valence electrons. The Morgan fingerprint density at radius 3 is 2.59 bits per heavy atom. The first-order valence-corrected chi connectivity index (χ1v) is 7.23. The van der Waals surface area contributed by atoms with Gasteiger partial charge >= 0.3 is 0 Å². The third-order valence-electron chi connectivity index (χ3n) is 3.51. The number of hydrogen-bond acceptors (Lipinski definition) is 3. The number of aliphatic hydroxyl groups is 1. The molecule has 4 nitrogen and oxygen atoms in total. The normalized spacial score (nSPS) is 11.8. The molecule has 2 N–H and O–H groups in total. The van der Waals surface area contributed by atoms with E-state index in [0.717, 1.165) is 22.4 Å². The molecule has 2 aromatic rings. The Morgan fingerprint density at radius 1 is 1.23 bits per heavy atom. The number of ether oxygens (including phenoxy) is 1. The van der Waals surface area contributed by atoms with Gasteiger partial charge in [0.15, 0.2) is 0 Å². The average molecular weight is 299 g/mol. The quantitative estimate of drug-likeness (QED) is 0.862. The van der Waals surface area contributed by atoms with Crippen LogP contribution in [0.1, 0.15) is 29.2 Å². The van der Waals surface area contributed by atoms with Crippen LogP contribution >= 0.6 is 0 Å². The van der Waals surface area contributed by atoms with Gasteiger partial charge in [0, 0.05) is 6.54 Å². The van der Waals surface area contributed by atoms with Gasteiger partial charge in [-0.2, -0.15) is 0 Å². The highest BCUT2D eigenvalue weighted by atomic mass is 16.5. The third kappa shape index (κ3) is 4.33. The van der Waals surface area contributed by atoms with Gasteiger partial charge in [-0.1, -0.05) is 42.5 Å². The van der Waals surface area contributed by atoms with Crippen LogP contribution in [0, 0.1) is 6.92 Å². The number of hydrogen-bond donors (Lipinski definition) is 2. The number of rotatable bonds is 6. The van der Waals surface area contributed by atoms with Crippen LogP contribution in [-0.4, -0.2) is 18.1 Å². The molecule has 0 saturated carbocycles. The lowest BCUT2D eigenvalue weighted by Gasteiger charge is -2.12. The van der Waals surface area contributed by atoms with Crippen molar-refractivity contribution in [3.05, 3.63) is 65.2 Å². The molecular weight excluding hydrogens is 278 g/mol. The van der Waals surface area contributed by atoms with E-state index in [1.165, 1.54) is 0 Å². The topological polar surface area (TPSA) is 58.6 Å². The Hall–Kier alpha value is -2.33. The molecule has 0 aromatic heterocycles. The van der Waals surface area contributed by atoms with E-state index >= 15 is 0 Å². The summed E-state index contributed by atoms with van der Waals surface area (Å²) in [5.41, 5.74) is 2.78. The van der Waals surface area contributed by atoms with Crippen molar-refractivity contribution in [2.45, 2.75) is 26.0 Å². The largest absolute Gasteiger partial charge is 0.496 e. The fourth-order valence-electron chi connectivity index (χ4n) is 2.29. The second-order valence-corrected chi connectivity index (χ2v) is 5.21. The number of benzene rings is 2. The van der Waals surface area contributed by atoms with Gasteiger partial charge in [-0.05, 0) is 29.7 Å². The maximum Gasteiger partial charge on any atom is 0.223 e. The minimum Gasteiger partial charge on any atom is -0.496 e. The van der Waals surface area contributed by atoms with Gasteiger partial charge in [0.05, 0.1) is 19.6 Å². The fraction of sp³-hybridized carbons (Fsp3) is 0.278. The van der Waals surface area contributed by atoms with Crippen LogP contribution in [0.25, 0.3) is 0 Å². The molecule has 4 heteroatoms. The van der Waals surface area contributed by atoms with Crippen molar-refractivity contribution in [2.24, 2.45) is 0 Å². The Balaban J connectivity index is 1.86. The Labute approximate surface area is 130 Å². The zero-order valence-electron chi connectivity index (χ0n) is 12.9. The summed E-state index contributed by atoms with van der Waals surface area (Å²) < 4.78 is 5.21. The molecule has 0 aliphatic rings. The number of aryl methyl sites for hydroxylation is 1. The molecule has 1 unspecified atom stereocenters. The highest BCUT2D eigenvalue weighted by Gasteiger charge is 2.12. The molecule has 22 heavy (non-hydrogen) atoms. The van der Waals surface area contributed by atoms with Gasteiger partial charge < -0.3 is 15.2 Å². The lowest BCUT2D eigenvalue weighted by Crippen LogP contribution is -2.24. The molecule has 0 saturated heterocycles. The van der Waals surface area contributed by atoms with E-state index in [-0.39, 0.29) is 12.3 Å². The summed E-state index contributed by atoms with van der Waals surface area (Å²) in [6, 6.07) is 15.0. The van der Waals surface area contributed by atoms with Crippen LogP contribution in [0.2, 0.25) is 0 Å². The van der Waals surface area contributed by atoms with Gasteiger partial charge in [-0.15, -0.1) is 0 Å². The molecule has 1 atom stereocenters.